The van der Waals surface area contributed by atoms with Gasteiger partial charge in [-0.15, -0.1) is 0 Å². The Morgan fingerprint density at radius 1 is 1.12 bits per heavy atom. The molecule has 0 fully saturated rings. The highest BCUT2D eigenvalue weighted by Crippen LogP contribution is 2.25. The zero-order chi connectivity index (χ0) is 12.1. The van der Waals surface area contributed by atoms with Gasteiger partial charge in [-0.05, 0) is 30.2 Å². The van der Waals surface area contributed by atoms with Crippen molar-refractivity contribution < 1.29 is 5.11 Å². The predicted octanol–water partition coefficient (Wildman–Crippen LogP) is 2.38. The fourth-order valence-corrected chi connectivity index (χ4v) is 1.85. The van der Waals surface area contributed by atoms with Gasteiger partial charge in [-0.3, -0.25) is 0 Å². The Morgan fingerprint density at radius 3 is 2.59 bits per heavy atom. The van der Waals surface area contributed by atoms with Crippen LogP contribution in [-0.4, -0.2) is 23.7 Å². The van der Waals surface area contributed by atoms with Crippen molar-refractivity contribution >= 4 is 11.5 Å². The maximum atomic E-state index is 9.06. The fraction of sp³-hybridized carbons (Fsp3) is 0.214. The van der Waals surface area contributed by atoms with Crippen molar-refractivity contribution in [1.29, 1.82) is 0 Å². The number of rotatable bonds is 4. The summed E-state index contributed by atoms with van der Waals surface area (Å²) in [6.07, 6.45) is 2.44. The topological polar surface area (TPSA) is 36.4 Å². The van der Waals surface area contributed by atoms with Crippen LogP contribution in [0.5, 0.6) is 0 Å². The number of hydrogen-bond acceptors (Lipinski definition) is 3. The molecule has 0 bridgehead atoms. The minimum Gasteiger partial charge on any atom is -0.396 e. The van der Waals surface area contributed by atoms with E-state index in [9.17, 15) is 0 Å². The summed E-state index contributed by atoms with van der Waals surface area (Å²) in [5.74, 6) is 0.901. The highest BCUT2D eigenvalue weighted by molar-refractivity contribution is 5.63. The second kappa shape index (κ2) is 5.46. The molecule has 1 heterocycles. The molecule has 0 saturated heterocycles. The van der Waals surface area contributed by atoms with Crippen molar-refractivity contribution in [2.24, 2.45) is 0 Å². The van der Waals surface area contributed by atoms with Gasteiger partial charge >= 0.3 is 0 Å². The summed E-state index contributed by atoms with van der Waals surface area (Å²) in [6, 6.07) is 13.9. The van der Waals surface area contributed by atoms with Gasteiger partial charge in [0, 0.05) is 25.5 Å². The number of anilines is 2. The van der Waals surface area contributed by atoms with Crippen LogP contribution in [0.3, 0.4) is 0 Å². The molecule has 0 radical (unpaired) electrons. The van der Waals surface area contributed by atoms with Crippen molar-refractivity contribution in [2.45, 2.75) is 6.42 Å². The molecule has 0 unspecified atom stereocenters. The molecule has 88 valence electrons. The molecular weight excluding hydrogens is 212 g/mol. The van der Waals surface area contributed by atoms with Gasteiger partial charge < -0.3 is 10.0 Å². The molecule has 1 aromatic carbocycles. The van der Waals surface area contributed by atoms with Crippen LogP contribution in [0.2, 0.25) is 0 Å². The third-order valence-corrected chi connectivity index (χ3v) is 2.73. The van der Waals surface area contributed by atoms with Crippen LogP contribution in [0.15, 0.2) is 48.7 Å². The molecule has 1 N–H and O–H groups in total. The molecule has 0 aliphatic carbocycles. The summed E-state index contributed by atoms with van der Waals surface area (Å²) in [7, 11) is 1.98. The average molecular weight is 228 g/mol. The molecule has 0 aliphatic rings. The van der Waals surface area contributed by atoms with Gasteiger partial charge in [0.1, 0.15) is 5.82 Å². The molecule has 0 amide bonds. The monoisotopic (exact) mass is 228 g/mol. The Labute approximate surface area is 101 Å². The lowest BCUT2D eigenvalue weighted by Gasteiger charge is -2.21. The Morgan fingerprint density at radius 2 is 1.88 bits per heavy atom. The molecule has 1 aromatic heterocycles. The molecule has 0 spiro atoms. The average Bonchev–Trinajstić information content (AvgIpc) is 2.40. The number of nitrogens with zero attached hydrogens (tertiary/aromatic N) is 2. The van der Waals surface area contributed by atoms with E-state index in [2.05, 4.69) is 4.98 Å². The van der Waals surface area contributed by atoms with E-state index in [1.165, 1.54) is 0 Å². The smallest absolute Gasteiger partial charge is 0.132 e. The Hall–Kier alpha value is -1.87. The Bertz CT molecular complexity index is 471. The molecule has 2 rings (SSSR count). The van der Waals surface area contributed by atoms with E-state index >= 15 is 0 Å². The second-order valence-corrected chi connectivity index (χ2v) is 3.85. The van der Waals surface area contributed by atoms with E-state index < -0.39 is 0 Å². The number of aliphatic hydroxyl groups is 1. The quantitative estimate of drug-likeness (QED) is 0.872. The van der Waals surface area contributed by atoms with Crippen molar-refractivity contribution in [3.63, 3.8) is 0 Å². The standard InChI is InChI=1S/C14H16N2O/c1-16(14-8-4-5-10-15-14)13-7-3-2-6-12(13)9-11-17/h2-8,10,17H,9,11H2,1H3. The number of aromatic nitrogens is 1. The van der Waals surface area contributed by atoms with Crippen molar-refractivity contribution in [3.05, 3.63) is 54.2 Å². The van der Waals surface area contributed by atoms with E-state index in [1.54, 1.807) is 6.20 Å². The van der Waals surface area contributed by atoms with Crippen molar-refractivity contribution in [2.75, 3.05) is 18.6 Å². The van der Waals surface area contributed by atoms with Crippen LogP contribution >= 0.6 is 0 Å². The van der Waals surface area contributed by atoms with Gasteiger partial charge in [-0.25, -0.2) is 4.98 Å². The third kappa shape index (κ3) is 2.63. The highest BCUT2D eigenvalue weighted by Gasteiger charge is 2.08. The van der Waals surface area contributed by atoms with E-state index in [0.29, 0.717) is 6.42 Å². The van der Waals surface area contributed by atoms with Crippen LogP contribution in [0.1, 0.15) is 5.56 Å². The van der Waals surface area contributed by atoms with E-state index in [1.807, 2.05) is 54.4 Å². The van der Waals surface area contributed by atoms with Gasteiger partial charge in [0.05, 0.1) is 0 Å². The van der Waals surface area contributed by atoms with E-state index in [-0.39, 0.29) is 6.61 Å². The molecule has 0 atom stereocenters. The largest absolute Gasteiger partial charge is 0.396 e. The number of benzene rings is 1. The normalized spacial score (nSPS) is 10.2. The molecule has 17 heavy (non-hydrogen) atoms. The summed E-state index contributed by atoms with van der Waals surface area (Å²) in [6.45, 7) is 0.160. The number of aliphatic hydroxyl groups excluding tert-OH is 1. The third-order valence-electron chi connectivity index (χ3n) is 2.73. The molecule has 3 nitrogen and oxygen atoms in total. The van der Waals surface area contributed by atoms with Crippen LogP contribution in [-0.2, 0) is 6.42 Å². The van der Waals surface area contributed by atoms with Crippen LogP contribution in [0.4, 0.5) is 11.5 Å². The molecule has 0 aliphatic heterocycles. The first-order valence-corrected chi connectivity index (χ1v) is 5.66. The Kier molecular flexibility index (Phi) is 3.73. The zero-order valence-electron chi connectivity index (χ0n) is 9.87. The minimum atomic E-state index is 0.160. The summed E-state index contributed by atoms with van der Waals surface area (Å²) >= 11 is 0. The number of para-hydroxylation sites is 1. The molecular formula is C14H16N2O. The molecule has 0 saturated carbocycles. The summed E-state index contributed by atoms with van der Waals surface area (Å²) in [5.41, 5.74) is 2.21. The SMILES string of the molecule is CN(c1ccccn1)c1ccccc1CCO. The van der Waals surface area contributed by atoms with Crippen LogP contribution < -0.4 is 4.90 Å². The number of hydrogen-bond donors (Lipinski definition) is 1. The highest BCUT2D eigenvalue weighted by atomic mass is 16.2. The van der Waals surface area contributed by atoms with Crippen LogP contribution in [0, 0.1) is 0 Å². The van der Waals surface area contributed by atoms with Crippen molar-refractivity contribution in [1.82, 2.24) is 4.98 Å². The Balaban J connectivity index is 2.33. The van der Waals surface area contributed by atoms with Gasteiger partial charge in [0.25, 0.3) is 0 Å². The first kappa shape index (κ1) is 11.6. The van der Waals surface area contributed by atoms with E-state index in [0.717, 1.165) is 17.1 Å². The minimum absolute atomic E-state index is 0.160. The van der Waals surface area contributed by atoms with Gasteiger partial charge in [-0.2, -0.15) is 0 Å². The van der Waals surface area contributed by atoms with Crippen LogP contribution in [0.25, 0.3) is 0 Å². The lowest BCUT2D eigenvalue weighted by molar-refractivity contribution is 0.299. The summed E-state index contributed by atoms with van der Waals surface area (Å²) in [5, 5.41) is 9.06. The maximum absolute atomic E-state index is 9.06. The lowest BCUT2D eigenvalue weighted by atomic mass is 10.1. The van der Waals surface area contributed by atoms with Crippen molar-refractivity contribution in [3.8, 4) is 0 Å². The first-order chi connectivity index (χ1) is 8.33. The molecule has 2 aromatic rings. The van der Waals surface area contributed by atoms with E-state index in [4.69, 9.17) is 5.11 Å². The number of pyridine rings is 1. The molecule has 3 heteroatoms. The maximum Gasteiger partial charge on any atom is 0.132 e. The fourth-order valence-electron chi connectivity index (χ4n) is 1.85. The van der Waals surface area contributed by atoms with Gasteiger partial charge in [-0.1, -0.05) is 24.3 Å². The van der Waals surface area contributed by atoms with Gasteiger partial charge in [0.15, 0.2) is 0 Å². The predicted molar refractivity (Wildman–Crippen MR) is 69.5 cm³/mol. The summed E-state index contributed by atoms with van der Waals surface area (Å²) < 4.78 is 0. The first-order valence-electron chi connectivity index (χ1n) is 5.66. The summed E-state index contributed by atoms with van der Waals surface area (Å²) in [4.78, 5) is 6.35. The lowest BCUT2D eigenvalue weighted by Crippen LogP contribution is -2.13. The zero-order valence-corrected chi connectivity index (χ0v) is 9.87. The second-order valence-electron chi connectivity index (χ2n) is 3.85. The van der Waals surface area contributed by atoms with Gasteiger partial charge in [0.2, 0.25) is 0 Å².